The number of amides is 2. The van der Waals surface area contributed by atoms with E-state index >= 15 is 0 Å². The highest BCUT2D eigenvalue weighted by atomic mass is 16.2. The second kappa shape index (κ2) is 4.35. The van der Waals surface area contributed by atoms with Crippen LogP contribution in [-0.2, 0) is 16.0 Å². The summed E-state index contributed by atoms with van der Waals surface area (Å²) in [5, 5.41) is 2.66. The van der Waals surface area contributed by atoms with E-state index in [2.05, 4.69) is 11.4 Å². The van der Waals surface area contributed by atoms with E-state index in [1.165, 1.54) is 5.56 Å². The van der Waals surface area contributed by atoms with Crippen molar-refractivity contribution in [1.82, 2.24) is 5.32 Å². The third-order valence-corrected chi connectivity index (χ3v) is 2.90. The van der Waals surface area contributed by atoms with Crippen molar-refractivity contribution in [2.75, 3.05) is 0 Å². The Morgan fingerprint density at radius 1 is 1.31 bits per heavy atom. The third-order valence-electron chi connectivity index (χ3n) is 2.90. The molecule has 0 heterocycles. The van der Waals surface area contributed by atoms with Gasteiger partial charge in [0.2, 0.25) is 0 Å². The summed E-state index contributed by atoms with van der Waals surface area (Å²) in [6, 6.07) is 7.88. The highest BCUT2D eigenvalue weighted by Gasteiger charge is 2.22. The summed E-state index contributed by atoms with van der Waals surface area (Å²) in [5.74, 6) is -1.63. The van der Waals surface area contributed by atoms with Gasteiger partial charge in [-0.1, -0.05) is 24.3 Å². The van der Waals surface area contributed by atoms with E-state index in [-0.39, 0.29) is 6.04 Å². The molecule has 0 saturated heterocycles. The largest absolute Gasteiger partial charge is 0.361 e. The molecule has 3 N–H and O–H groups in total. The van der Waals surface area contributed by atoms with Crippen LogP contribution in [0.1, 0.15) is 30.0 Å². The quantitative estimate of drug-likeness (QED) is 0.680. The van der Waals surface area contributed by atoms with Gasteiger partial charge in [0.05, 0.1) is 6.04 Å². The van der Waals surface area contributed by atoms with Crippen LogP contribution in [-0.4, -0.2) is 11.8 Å². The van der Waals surface area contributed by atoms with Gasteiger partial charge in [-0.15, -0.1) is 0 Å². The minimum Gasteiger partial charge on any atom is -0.361 e. The number of hydrogen-bond acceptors (Lipinski definition) is 2. The van der Waals surface area contributed by atoms with E-state index in [9.17, 15) is 9.59 Å². The van der Waals surface area contributed by atoms with Crippen molar-refractivity contribution >= 4 is 11.8 Å². The molecule has 0 aromatic heterocycles. The minimum absolute atomic E-state index is 0.0788. The van der Waals surface area contributed by atoms with Gasteiger partial charge in [0.15, 0.2) is 0 Å². The molecule has 4 heteroatoms. The Labute approximate surface area is 93.8 Å². The molecule has 1 aromatic rings. The molecule has 4 nitrogen and oxygen atoms in total. The summed E-state index contributed by atoms with van der Waals surface area (Å²) < 4.78 is 0. The molecule has 0 spiro atoms. The summed E-state index contributed by atoms with van der Waals surface area (Å²) in [6.45, 7) is 0. The number of benzene rings is 1. The molecule has 1 aliphatic carbocycles. The van der Waals surface area contributed by atoms with Crippen LogP contribution in [0.15, 0.2) is 24.3 Å². The normalized spacial score (nSPS) is 18.6. The van der Waals surface area contributed by atoms with Crippen molar-refractivity contribution in [2.24, 2.45) is 5.73 Å². The van der Waals surface area contributed by atoms with Crippen LogP contribution in [0.3, 0.4) is 0 Å². The number of fused-ring (bicyclic) bond motifs is 1. The molecule has 2 amide bonds. The van der Waals surface area contributed by atoms with Crippen molar-refractivity contribution in [2.45, 2.75) is 25.3 Å². The van der Waals surface area contributed by atoms with Crippen LogP contribution in [0.5, 0.6) is 0 Å². The highest BCUT2D eigenvalue weighted by Crippen LogP contribution is 2.29. The monoisotopic (exact) mass is 218 g/mol. The fourth-order valence-electron chi connectivity index (χ4n) is 2.13. The molecule has 0 radical (unpaired) electrons. The van der Waals surface area contributed by atoms with E-state index in [0.717, 1.165) is 24.8 Å². The second-order valence-electron chi connectivity index (χ2n) is 3.98. The number of carbonyl (C=O) groups is 2. The lowest BCUT2D eigenvalue weighted by Gasteiger charge is -2.25. The fraction of sp³-hybridized carbons (Fsp3) is 0.333. The predicted octanol–water partition coefficient (Wildman–Crippen LogP) is 0.665. The molecule has 1 unspecified atom stereocenters. The molecule has 16 heavy (non-hydrogen) atoms. The first-order chi connectivity index (χ1) is 7.68. The Balaban J connectivity index is 2.19. The van der Waals surface area contributed by atoms with Gasteiger partial charge in [-0.05, 0) is 30.4 Å². The van der Waals surface area contributed by atoms with Crippen molar-refractivity contribution in [3.05, 3.63) is 35.4 Å². The Bertz CT molecular complexity index is 429. The maximum absolute atomic E-state index is 11.2. The molecule has 0 saturated carbocycles. The molecule has 2 rings (SSSR count). The summed E-state index contributed by atoms with van der Waals surface area (Å²) >= 11 is 0. The van der Waals surface area contributed by atoms with Crippen LogP contribution in [0.4, 0.5) is 0 Å². The van der Waals surface area contributed by atoms with Crippen LogP contribution >= 0.6 is 0 Å². The zero-order chi connectivity index (χ0) is 11.5. The summed E-state index contributed by atoms with van der Waals surface area (Å²) in [6.07, 6.45) is 2.90. The first-order valence-corrected chi connectivity index (χ1v) is 5.36. The van der Waals surface area contributed by atoms with Gasteiger partial charge in [0.1, 0.15) is 0 Å². The molecule has 1 atom stereocenters. The van der Waals surface area contributed by atoms with E-state index in [1.807, 2.05) is 18.2 Å². The summed E-state index contributed by atoms with van der Waals surface area (Å²) in [4.78, 5) is 21.9. The van der Waals surface area contributed by atoms with Gasteiger partial charge in [-0.3, -0.25) is 9.59 Å². The number of nitrogens with two attached hydrogens (primary N) is 1. The first kappa shape index (κ1) is 10.7. The molecule has 1 aliphatic rings. The van der Waals surface area contributed by atoms with Gasteiger partial charge < -0.3 is 11.1 Å². The van der Waals surface area contributed by atoms with Gasteiger partial charge >= 0.3 is 11.8 Å². The smallest absolute Gasteiger partial charge is 0.309 e. The molecular formula is C12H14N2O2. The Kier molecular flexibility index (Phi) is 2.90. The number of aryl methyl sites for hydroxylation is 1. The van der Waals surface area contributed by atoms with E-state index in [4.69, 9.17) is 5.73 Å². The van der Waals surface area contributed by atoms with Crippen LogP contribution in [0, 0.1) is 0 Å². The lowest BCUT2D eigenvalue weighted by molar-refractivity contribution is -0.137. The SMILES string of the molecule is NC(=O)C(=O)NC1CCCc2ccccc21. The summed E-state index contributed by atoms with van der Waals surface area (Å²) in [7, 11) is 0. The number of nitrogens with one attached hydrogen (secondary N) is 1. The standard InChI is InChI=1S/C12H14N2O2/c13-11(15)12(16)14-10-7-3-5-8-4-1-2-6-9(8)10/h1-2,4,6,10H,3,5,7H2,(H2,13,15)(H,14,16). The predicted molar refractivity (Wildman–Crippen MR) is 59.5 cm³/mol. The minimum atomic E-state index is -0.928. The van der Waals surface area contributed by atoms with E-state index in [1.54, 1.807) is 0 Å². The van der Waals surface area contributed by atoms with Crippen LogP contribution < -0.4 is 11.1 Å². The number of hydrogen-bond donors (Lipinski definition) is 2. The third kappa shape index (κ3) is 2.05. The first-order valence-electron chi connectivity index (χ1n) is 5.36. The van der Waals surface area contributed by atoms with Gasteiger partial charge in [0.25, 0.3) is 0 Å². The zero-order valence-electron chi connectivity index (χ0n) is 8.90. The maximum atomic E-state index is 11.2. The molecule has 0 bridgehead atoms. The van der Waals surface area contributed by atoms with Gasteiger partial charge in [-0.25, -0.2) is 0 Å². The van der Waals surface area contributed by atoms with Crippen LogP contribution in [0.2, 0.25) is 0 Å². The van der Waals surface area contributed by atoms with Crippen LogP contribution in [0.25, 0.3) is 0 Å². The molecular weight excluding hydrogens is 204 g/mol. The Morgan fingerprint density at radius 3 is 2.81 bits per heavy atom. The van der Waals surface area contributed by atoms with Crippen molar-refractivity contribution in [3.63, 3.8) is 0 Å². The molecule has 1 aromatic carbocycles. The zero-order valence-corrected chi connectivity index (χ0v) is 8.90. The average Bonchev–Trinajstić information content (AvgIpc) is 2.29. The lowest BCUT2D eigenvalue weighted by atomic mass is 9.88. The maximum Gasteiger partial charge on any atom is 0.309 e. The molecule has 84 valence electrons. The van der Waals surface area contributed by atoms with Crippen molar-refractivity contribution < 1.29 is 9.59 Å². The van der Waals surface area contributed by atoms with Crippen molar-refractivity contribution in [3.8, 4) is 0 Å². The lowest BCUT2D eigenvalue weighted by Crippen LogP contribution is -2.39. The summed E-state index contributed by atoms with van der Waals surface area (Å²) in [5.41, 5.74) is 7.26. The van der Waals surface area contributed by atoms with Gasteiger partial charge in [0, 0.05) is 0 Å². The number of primary amides is 1. The Morgan fingerprint density at radius 2 is 2.06 bits per heavy atom. The second-order valence-corrected chi connectivity index (χ2v) is 3.98. The van der Waals surface area contributed by atoms with E-state index in [0.29, 0.717) is 0 Å². The van der Waals surface area contributed by atoms with Gasteiger partial charge in [-0.2, -0.15) is 0 Å². The van der Waals surface area contributed by atoms with E-state index < -0.39 is 11.8 Å². The molecule has 0 fully saturated rings. The number of carbonyl (C=O) groups excluding carboxylic acids is 2. The Hall–Kier alpha value is -1.84. The topological polar surface area (TPSA) is 72.2 Å². The van der Waals surface area contributed by atoms with Crippen molar-refractivity contribution in [1.29, 1.82) is 0 Å². The average molecular weight is 218 g/mol. The fourth-order valence-corrected chi connectivity index (χ4v) is 2.13. The molecule has 0 aliphatic heterocycles. The number of rotatable bonds is 1. The highest BCUT2D eigenvalue weighted by molar-refractivity contribution is 6.34.